The highest BCUT2D eigenvalue weighted by atomic mass is 32.2. The molecule has 5 rings (SSSR count). The highest BCUT2D eigenvalue weighted by Gasteiger charge is 2.22. The normalized spacial score (nSPS) is 16.9. The van der Waals surface area contributed by atoms with Crippen molar-refractivity contribution in [3.05, 3.63) is 79.6 Å². The smallest absolute Gasteiger partial charge is 0.0753 e. The van der Waals surface area contributed by atoms with E-state index in [0.717, 1.165) is 14.0 Å². The Labute approximate surface area is 179 Å². The van der Waals surface area contributed by atoms with Crippen LogP contribution in [0.5, 0.6) is 0 Å². The van der Waals surface area contributed by atoms with Crippen molar-refractivity contribution in [1.29, 1.82) is 0 Å². The number of hydrogen-bond acceptors (Lipinski definition) is 6. The molecule has 0 spiro atoms. The van der Waals surface area contributed by atoms with Crippen LogP contribution >= 0.6 is 47.0 Å². The SMILES string of the molecule is OCC1=C(CO)SC(=c2c3ccccc3c(=C3SC=CS3)c3ccccc23)S1. The van der Waals surface area contributed by atoms with Crippen molar-refractivity contribution >= 4 is 77.1 Å². The fraction of sp³-hybridized carbons (Fsp3) is 0.0909. The summed E-state index contributed by atoms with van der Waals surface area (Å²) >= 11 is 6.73. The predicted octanol–water partition coefficient (Wildman–Crippen LogP) is 4.75. The van der Waals surface area contributed by atoms with E-state index in [-0.39, 0.29) is 13.2 Å². The Morgan fingerprint density at radius 3 is 1.36 bits per heavy atom. The molecule has 2 aliphatic rings. The van der Waals surface area contributed by atoms with Crippen LogP contribution < -0.4 is 10.4 Å². The molecule has 140 valence electrons. The highest BCUT2D eigenvalue weighted by molar-refractivity contribution is 8.36. The van der Waals surface area contributed by atoms with Gasteiger partial charge in [-0.1, -0.05) is 95.6 Å². The first-order valence-electron chi connectivity index (χ1n) is 8.77. The predicted molar refractivity (Wildman–Crippen MR) is 128 cm³/mol. The van der Waals surface area contributed by atoms with E-state index in [1.54, 1.807) is 47.0 Å². The molecule has 2 N–H and O–H groups in total. The average molecular weight is 441 g/mol. The Kier molecular flexibility index (Phi) is 5.26. The van der Waals surface area contributed by atoms with Gasteiger partial charge in [-0.25, -0.2) is 0 Å². The van der Waals surface area contributed by atoms with Crippen LogP contribution in [0.15, 0.2) is 69.2 Å². The van der Waals surface area contributed by atoms with Crippen LogP contribution in [0.2, 0.25) is 0 Å². The second-order valence-corrected chi connectivity index (χ2v) is 10.9. The van der Waals surface area contributed by atoms with Crippen molar-refractivity contribution in [2.45, 2.75) is 0 Å². The summed E-state index contributed by atoms with van der Waals surface area (Å²) < 4.78 is 2.43. The maximum atomic E-state index is 9.71. The molecular weight excluding hydrogens is 425 g/mol. The largest absolute Gasteiger partial charge is 0.391 e. The van der Waals surface area contributed by atoms with Gasteiger partial charge in [-0.05, 0) is 32.4 Å². The maximum absolute atomic E-state index is 9.71. The minimum absolute atomic E-state index is 0.0398. The lowest BCUT2D eigenvalue weighted by molar-refractivity contribution is 0.324. The molecule has 3 aromatic rings. The van der Waals surface area contributed by atoms with Crippen LogP contribution in [0.25, 0.3) is 30.0 Å². The van der Waals surface area contributed by atoms with E-state index in [0.29, 0.717) is 0 Å². The zero-order chi connectivity index (χ0) is 19.1. The molecule has 0 amide bonds. The van der Waals surface area contributed by atoms with Crippen molar-refractivity contribution in [3.63, 3.8) is 0 Å². The van der Waals surface area contributed by atoms with Crippen LogP contribution in [0.1, 0.15) is 0 Å². The second kappa shape index (κ2) is 7.86. The molecule has 2 aliphatic heterocycles. The lowest BCUT2D eigenvalue weighted by atomic mass is 9.99. The van der Waals surface area contributed by atoms with Crippen LogP contribution in [-0.4, -0.2) is 23.4 Å². The summed E-state index contributed by atoms with van der Waals surface area (Å²) in [6.45, 7) is -0.0796. The topological polar surface area (TPSA) is 40.5 Å². The molecule has 0 fully saturated rings. The minimum atomic E-state index is -0.0398. The fourth-order valence-electron chi connectivity index (χ4n) is 3.59. The Morgan fingerprint density at radius 1 is 0.571 bits per heavy atom. The van der Waals surface area contributed by atoms with Crippen molar-refractivity contribution in [2.75, 3.05) is 13.2 Å². The third-order valence-electron chi connectivity index (χ3n) is 4.78. The Hall–Kier alpha value is -1.28. The van der Waals surface area contributed by atoms with Crippen molar-refractivity contribution in [1.82, 2.24) is 0 Å². The van der Waals surface area contributed by atoms with Gasteiger partial charge in [0.1, 0.15) is 0 Å². The summed E-state index contributed by atoms with van der Waals surface area (Å²) in [5.41, 5.74) is 0. The summed E-state index contributed by atoms with van der Waals surface area (Å²) in [7, 11) is 0. The van der Waals surface area contributed by atoms with Gasteiger partial charge in [0.05, 0.1) is 21.7 Å². The molecule has 0 saturated heterocycles. The van der Waals surface area contributed by atoms with Gasteiger partial charge in [-0.2, -0.15) is 0 Å². The molecule has 28 heavy (non-hydrogen) atoms. The van der Waals surface area contributed by atoms with Crippen molar-refractivity contribution < 1.29 is 10.2 Å². The zero-order valence-electron chi connectivity index (χ0n) is 14.7. The van der Waals surface area contributed by atoms with Gasteiger partial charge in [-0.15, -0.1) is 0 Å². The van der Waals surface area contributed by atoms with E-state index >= 15 is 0 Å². The zero-order valence-corrected chi connectivity index (χ0v) is 18.0. The number of benzene rings is 3. The molecule has 6 heteroatoms. The average Bonchev–Trinajstić information content (AvgIpc) is 3.41. The molecular formula is C22H16O2S4. The van der Waals surface area contributed by atoms with E-state index in [2.05, 4.69) is 59.3 Å². The minimum Gasteiger partial charge on any atom is -0.391 e. The highest BCUT2D eigenvalue weighted by Crippen LogP contribution is 2.49. The summed E-state index contributed by atoms with van der Waals surface area (Å²) in [6, 6.07) is 17.1. The van der Waals surface area contributed by atoms with Crippen LogP contribution in [0, 0.1) is 0 Å². The van der Waals surface area contributed by atoms with Gasteiger partial charge in [0.25, 0.3) is 0 Å². The first kappa shape index (κ1) is 18.7. The van der Waals surface area contributed by atoms with Crippen LogP contribution in [-0.2, 0) is 0 Å². The van der Waals surface area contributed by atoms with Crippen LogP contribution in [0.4, 0.5) is 0 Å². The monoisotopic (exact) mass is 440 g/mol. The van der Waals surface area contributed by atoms with E-state index in [4.69, 9.17) is 0 Å². The van der Waals surface area contributed by atoms with Gasteiger partial charge < -0.3 is 10.2 Å². The van der Waals surface area contributed by atoms with E-state index in [1.807, 2.05) is 0 Å². The van der Waals surface area contributed by atoms with Gasteiger partial charge in [-0.3, -0.25) is 0 Å². The standard InChI is InChI=1S/C22H16O2S4/c23-11-17-18(12-24)28-22(27-17)20-15-7-3-1-5-13(15)19(21-25-9-10-26-21)14-6-2-4-8-16(14)20/h1-10,23-24H,11-12H2. The first-order valence-corrected chi connectivity index (χ1v) is 12.2. The van der Waals surface area contributed by atoms with Gasteiger partial charge >= 0.3 is 0 Å². The third kappa shape index (κ3) is 3.03. The number of aliphatic hydroxyl groups excluding tert-OH is 2. The first-order chi connectivity index (χ1) is 13.8. The fourth-order valence-corrected chi connectivity index (χ4v) is 8.11. The Balaban J connectivity index is 1.97. The Morgan fingerprint density at radius 2 is 0.964 bits per heavy atom. The molecule has 0 aromatic heterocycles. The summed E-state index contributed by atoms with van der Waals surface area (Å²) in [4.78, 5) is 1.69. The molecule has 0 unspecified atom stereocenters. The summed E-state index contributed by atoms with van der Waals surface area (Å²) in [6.07, 6.45) is 0. The number of fused-ring (bicyclic) bond motifs is 2. The van der Waals surface area contributed by atoms with Gasteiger partial charge in [0.2, 0.25) is 0 Å². The van der Waals surface area contributed by atoms with Crippen molar-refractivity contribution in [3.8, 4) is 0 Å². The van der Waals surface area contributed by atoms with Gasteiger partial charge in [0.15, 0.2) is 0 Å². The molecule has 3 aromatic carbocycles. The molecule has 0 aliphatic carbocycles. The molecule has 0 saturated carbocycles. The molecule has 0 radical (unpaired) electrons. The molecule has 0 atom stereocenters. The third-order valence-corrected chi connectivity index (χ3v) is 9.56. The quantitative estimate of drug-likeness (QED) is 0.561. The maximum Gasteiger partial charge on any atom is 0.0753 e. The summed E-state index contributed by atoms with van der Waals surface area (Å²) in [5.74, 6) is 0. The molecule has 2 nitrogen and oxygen atoms in total. The summed E-state index contributed by atoms with van der Waals surface area (Å²) in [5, 5.41) is 31.1. The number of thioether (sulfide) groups is 4. The van der Waals surface area contributed by atoms with E-state index < -0.39 is 0 Å². The number of aliphatic hydroxyl groups is 2. The second-order valence-electron chi connectivity index (χ2n) is 6.29. The molecule has 2 heterocycles. The Bertz CT molecular complexity index is 1200. The molecule has 0 bridgehead atoms. The lowest BCUT2D eigenvalue weighted by Crippen LogP contribution is -2.16. The van der Waals surface area contributed by atoms with Crippen LogP contribution in [0.3, 0.4) is 0 Å². The number of hydrogen-bond donors (Lipinski definition) is 2. The van der Waals surface area contributed by atoms with Gasteiger partial charge in [0, 0.05) is 20.2 Å². The van der Waals surface area contributed by atoms with E-state index in [9.17, 15) is 10.2 Å². The number of rotatable bonds is 2. The lowest BCUT2D eigenvalue weighted by Gasteiger charge is -2.11. The van der Waals surface area contributed by atoms with E-state index in [1.165, 1.54) is 36.2 Å². The van der Waals surface area contributed by atoms with Crippen molar-refractivity contribution in [2.24, 2.45) is 0 Å².